The molecule has 0 fully saturated rings. The van der Waals surface area contributed by atoms with Gasteiger partial charge in [-0.3, -0.25) is 10.9 Å². The third-order valence-electron chi connectivity index (χ3n) is 2.04. The van der Waals surface area contributed by atoms with E-state index in [0.29, 0.717) is 16.8 Å². The van der Waals surface area contributed by atoms with E-state index in [9.17, 15) is 0 Å². The Labute approximate surface area is 123 Å². The van der Waals surface area contributed by atoms with Crippen molar-refractivity contribution in [3.05, 3.63) is 36.9 Å². The van der Waals surface area contributed by atoms with Crippen molar-refractivity contribution >= 4 is 40.3 Å². The third kappa shape index (κ3) is 6.03. The van der Waals surface area contributed by atoms with E-state index in [1.807, 2.05) is 24.3 Å². The van der Waals surface area contributed by atoms with Gasteiger partial charge in [-0.1, -0.05) is 6.08 Å². The summed E-state index contributed by atoms with van der Waals surface area (Å²) < 4.78 is 5.07. The molecule has 19 heavy (non-hydrogen) atoms. The van der Waals surface area contributed by atoms with Crippen molar-refractivity contribution in [1.82, 2.24) is 16.2 Å². The van der Waals surface area contributed by atoms with E-state index in [1.165, 1.54) is 0 Å². The highest BCUT2D eigenvalue weighted by Gasteiger charge is 1.98. The third-order valence-corrected chi connectivity index (χ3v) is 2.49. The molecule has 4 N–H and O–H groups in total. The van der Waals surface area contributed by atoms with Gasteiger partial charge < -0.3 is 15.4 Å². The Kier molecular flexibility index (Phi) is 6.62. The summed E-state index contributed by atoms with van der Waals surface area (Å²) in [6.45, 7) is 4.17. The van der Waals surface area contributed by atoms with Gasteiger partial charge in [0.1, 0.15) is 5.75 Å². The van der Waals surface area contributed by atoms with Gasteiger partial charge in [0.05, 0.1) is 7.11 Å². The summed E-state index contributed by atoms with van der Waals surface area (Å²) in [5.74, 6) is 0.789. The van der Waals surface area contributed by atoms with Crippen LogP contribution in [0.3, 0.4) is 0 Å². The molecule has 0 bridgehead atoms. The molecule has 0 spiro atoms. The first kappa shape index (κ1) is 15.2. The summed E-state index contributed by atoms with van der Waals surface area (Å²) in [7, 11) is 1.62. The highest BCUT2D eigenvalue weighted by Crippen LogP contribution is 2.14. The monoisotopic (exact) mass is 296 g/mol. The quantitative estimate of drug-likeness (QED) is 0.382. The zero-order chi connectivity index (χ0) is 14.1. The Bertz CT molecular complexity index is 448. The molecule has 0 aliphatic rings. The molecule has 0 unspecified atom stereocenters. The van der Waals surface area contributed by atoms with Crippen LogP contribution in [0.5, 0.6) is 5.75 Å². The number of benzene rings is 1. The van der Waals surface area contributed by atoms with Gasteiger partial charge in [-0.15, -0.1) is 6.58 Å². The maximum absolute atomic E-state index is 5.10. The van der Waals surface area contributed by atoms with Gasteiger partial charge in [0.2, 0.25) is 0 Å². The highest BCUT2D eigenvalue weighted by molar-refractivity contribution is 7.80. The Balaban J connectivity index is 2.34. The molecule has 1 rings (SSSR count). The van der Waals surface area contributed by atoms with Gasteiger partial charge in [0, 0.05) is 12.2 Å². The normalized spacial score (nSPS) is 9.11. The minimum absolute atomic E-state index is 0.410. The van der Waals surface area contributed by atoms with Crippen LogP contribution in [0.25, 0.3) is 0 Å². The lowest BCUT2D eigenvalue weighted by molar-refractivity contribution is 0.415. The van der Waals surface area contributed by atoms with Gasteiger partial charge in [-0.2, -0.15) is 0 Å². The summed E-state index contributed by atoms with van der Waals surface area (Å²) >= 11 is 10.1. The fraction of sp³-hybridized carbons (Fsp3) is 0.167. The smallest absolute Gasteiger partial charge is 0.189 e. The molecule has 0 amide bonds. The van der Waals surface area contributed by atoms with Crippen LogP contribution in [0, 0.1) is 0 Å². The number of hydrogen-bond donors (Lipinski definition) is 4. The SMILES string of the molecule is C=CCNC(=S)NNC(=S)Nc1ccc(OC)cc1. The Morgan fingerprint density at radius 1 is 1.21 bits per heavy atom. The van der Waals surface area contributed by atoms with E-state index < -0.39 is 0 Å². The fourth-order valence-electron chi connectivity index (χ4n) is 1.16. The summed E-state index contributed by atoms with van der Waals surface area (Å²) in [5.41, 5.74) is 6.38. The number of hydrogen-bond acceptors (Lipinski definition) is 3. The topological polar surface area (TPSA) is 57.3 Å². The van der Waals surface area contributed by atoms with E-state index >= 15 is 0 Å². The van der Waals surface area contributed by atoms with Gasteiger partial charge in [0.15, 0.2) is 10.2 Å². The largest absolute Gasteiger partial charge is 0.497 e. The molecule has 0 aliphatic heterocycles. The first-order valence-corrected chi connectivity index (χ1v) is 6.33. The molecule has 0 atom stereocenters. The van der Waals surface area contributed by atoms with Crippen LogP contribution in [0.15, 0.2) is 36.9 Å². The van der Waals surface area contributed by atoms with Crippen LogP contribution in [-0.4, -0.2) is 23.9 Å². The maximum atomic E-state index is 5.10. The number of nitrogens with one attached hydrogen (secondary N) is 4. The number of thiocarbonyl (C=S) groups is 2. The van der Waals surface area contributed by atoms with E-state index in [1.54, 1.807) is 13.2 Å². The standard InChI is InChI=1S/C12H16N4OS2/c1-3-8-13-11(18)15-16-12(19)14-9-4-6-10(17-2)7-5-9/h3-7H,1,8H2,2H3,(H2,13,15,18)(H2,14,16,19). The van der Waals surface area contributed by atoms with Crippen LogP contribution in [0.4, 0.5) is 5.69 Å². The van der Waals surface area contributed by atoms with Crippen molar-refractivity contribution in [2.45, 2.75) is 0 Å². The van der Waals surface area contributed by atoms with Gasteiger partial charge in [0.25, 0.3) is 0 Å². The molecular formula is C12H16N4OS2. The van der Waals surface area contributed by atoms with Crippen LogP contribution in [0.1, 0.15) is 0 Å². The van der Waals surface area contributed by atoms with Crippen LogP contribution < -0.4 is 26.2 Å². The van der Waals surface area contributed by atoms with Crippen molar-refractivity contribution in [3.8, 4) is 5.75 Å². The summed E-state index contributed by atoms with van der Waals surface area (Å²) in [5, 5.41) is 6.76. The molecule has 0 saturated carbocycles. The number of anilines is 1. The van der Waals surface area contributed by atoms with Crippen molar-refractivity contribution in [3.63, 3.8) is 0 Å². The van der Waals surface area contributed by atoms with Gasteiger partial charge in [-0.05, 0) is 48.7 Å². The average molecular weight is 296 g/mol. The minimum Gasteiger partial charge on any atom is -0.497 e. The molecule has 0 aliphatic carbocycles. The predicted octanol–water partition coefficient (Wildman–Crippen LogP) is 1.55. The second-order valence-electron chi connectivity index (χ2n) is 3.43. The van der Waals surface area contributed by atoms with E-state index in [-0.39, 0.29) is 0 Å². The first-order valence-electron chi connectivity index (χ1n) is 5.51. The lowest BCUT2D eigenvalue weighted by atomic mass is 10.3. The Morgan fingerprint density at radius 3 is 2.42 bits per heavy atom. The number of hydrazine groups is 1. The molecule has 0 saturated heterocycles. The van der Waals surface area contributed by atoms with Crippen molar-refractivity contribution in [2.75, 3.05) is 19.0 Å². The second-order valence-corrected chi connectivity index (χ2v) is 4.25. The minimum atomic E-state index is 0.410. The van der Waals surface area contributed by atoms with E-state index in [4.69, 9.17) is 29.2 Å². The van der Waals surface area contributed by atoms with Crippen LogP contribution >= 0.6 is 24.4 Å². The predicted molar refractivity (Wildman–Crippen MR) is 86.3 cm³/mol. The Hall–Kier alpha value is -1.86. The van der Waals surface area contributed by atoms with Crippen LogP contribution in [0.2, 0.25) is 0 Å². The molecule has 0 aromatic heterocycles. The van der Waals surface area contributed by atoms with Crippen molar-refractivity contribution < 1.29 is 4.74 Å². The zero-order valence-corrected chi connectivity index (χ0v) is 12.2. The number of methoxy groups -OCH3 is 1. The van der Waals surface area contributed by atoms with Gasteiger partial charge in [-0.25, -0.2) is 0 Å². The second kappa shape index (κ2) is 8.28. The lowest BCUT2D eigenvalue weighted by Crippen LogP contribution is -2.48. The first-order chi connectivity index (χ1) is 9.15. The summed E-state index contributed by atoms with van der Waals surface area (Å²) in [6, 6.07) is 7.41. The summed E-state index contributed by atoms with van der Waals surface area (Å²) in [6.07, 6.45) is 1.71. The highest BCUT2D eigenvalue weighted by atomic mass is 32.1. The molecular weight excluding hydrogens is 280 g/mol. The van der Waals surface area contributed by atoms with Crippen LogP contribution in [-0.2, 0) is 0 Å². The number of rotatable bonds is 4. The van der Waals surface area contributed by atoms with Gasteiger partial charge >= 0.3 is 0 Å². The molecule has 1 aromatic rings. The van der Waals surface area contributed by atoms with E-state index in [0.717, 1.165) is 11.4 Å². The molecule has 5 nitrogen and oxygen atoms in total. The summed E-state index contributed by atoms with van der Waals surface area (Å²) in [4.78, 5) is 0. The molecule has 0 radical (unpaired) electrons. The van der Waals surface area contributed by atoms with E-state index in [2.05, 4.69) is 28.1 Å². The number of ether oxygens (including phenoxy) is 1. The maximum Gasteiger partial charge on any atom is 0.189 e. The zero-order valence-electron chi connectivity index (χ0n) is 10.5. The Morgan fingerprint density at radius 2 is 1.84 bits per heavy atom. The molecule has 0 heterocycles. The average Bonchev–Trinajstić information content (AvgIpc) is 2.43. The molecule has 1 aromatic carbocycles. The van der Waals surface area contributed by atoms with Crippen molar-refractivity contribution in [1.29, 1.82) is 0 Å². The molecule has 102 valence electrons. The molecule has 7 heteroatoms. The fourth-order valence-corrected chi connectivity index (χ4v) is 1.46. The lowest BCUT2D eigenvalue weighted by Gasteiger charge is -2.13. The van der Waals surface area contributed by atoms with Crippen molar-refractivity contribution in [2.24, 2.45) is 0 Å².